The normalized spacial score (nSPS) is 10.5. The third kappa shape index (κ3) is 4.64. The van der Waals surface area contributed by atoms with Crippen molar-refractivity contribution in [2.45, 2.75) is 26.8 Å². The number of thiocarbonyl (C=S) groups is 1. The van der Waals surface area contributed by atoms with Gasteiger partial charge < -0.3 is 15.2 Å². The molecular formula is C19H20N4OS. The molecule has 0 aliphatic heterocycles. The van der Waals surface area contributed by atoms with E-state index in [2.05, 4.69) is 39.8 Å². The van der Waals surface area contributed by atoms with Crippen LogP contribution in [-0.4, -0.2) is 15.3 Å². The van der Waals surface area contributed by atoms with Crippen LogP contribution < -0.4 is 10.6 Å². The molecule has 0 radical (unpaired) electrons. The Labute approximate surface area is 152 Å². The highest BCUT2D eigenvalue weighted by molar-refractivity contribution is 7.80. The molecule has 0 saturated carbocycles. The molecule has 0 aliphatic rings. The fraction of sp³-hybridized carbons (Fsp3) is 0.211. The van der Waals surface area contributed by atoms with Gasteiger partial charge in [-0.25, -0.2) is 0 Å². The Morgan fingerprint density at radius 2 is 1.80 bits per heavy atom. The number of hydrogen-bond donors (Lipinski definition) is 2. The van der Waals surface area contributed by atoms with E-state index in [4.69, 9.17) is 16.7 Å². The van der Waals surface area contributed by atoms with Gasteiger partial charge in [0, 0.05) is 11.3 Å². The first kappa shape index (κ1) is 17.1. The molecule has 0 saturated heterocycles. The van der Waals surface area contributed by atoms with Crippen molar-refractivity contribution in [1.82, 2.24) is 15.5 Å². The van der Waals surface area contributed by atoms with Gasteiger partial charge in [0.1, 0.15) is 0 Å². The number of rotatable bonds is 5. The molecular weight excluding hydrogens is 332 g/mol. The Balaban J connectivity index is 1.54. The minimum atomic E-state index is 0.373. The summed E-state index contributed by atoms with van der Waals surface area (Å²) in [7, 11) is 0. The van der Waals surface area contributed by atoms with E-state index in [1.54, 1.807) is 0 Å². The molecule has 0 bridgehead atoms. The van der Waals surface area contributed by atoms with E-state index in [1.807, 2.05) is 43.3 Å². The van der Waals surface area contributed by atoms with Crippen LogP contribution in [0.1, 0.15) is 23.9 Å². The van der Waals surface area contributed by atoms with Crippen molar-refractivity contribution < 1.29 is 4.52 Å². The fourth-order valence-corrected chi connectivity index (χ4v) is 2.49. The van der Waals surface area contributed by atoms with Gasteiger partial charge in [0.15, 0.2) is 5.11 Å². The molecule has 25 heavy (non-hydrogen) atoms. The van der Waals surface area contributed by atoms with E-state index < -0.39 is 0 Å². The lowest BCUT2D eigenvalue weighted by molar-refractivity contribution is 0.376. The predicted molar refractivity (Wildman–Crippen MR) is 103 cm³/mol. The van der Waals surface area contributed by atoms with E-state index in [1.165, 1.54) is 11.1 Å². The zero-order chi connectivity index (χ0) is 17.6. The summed E-state index contributed by atoms with van der Waals surface area (Å²) in [6.07, 6.45) is 1.02. The minimum Gasteiger partial charge on any atom is -0.353 e. The molecule has 3 rings (SSSR count). The minimum absolute atomic E-state index is 0.373. The Morgan fingerprint density at radius 1 is 1.08 bits per heavy atom. The molecule has 3 aromatic rings. The van der Waals surface area contributed by atoms with Crippen LogP contribution in [0.15, 0.2) is 53.1 Å². The van der Waals surface area contributed by atoms with Crippen LogP contribution >= 0.6 is 12.2 Å². The van der Waals surface area contributed by atoms with Gasteiger partial charge in [-0.2, -0.15) is 4.98 Å². The molecule has 1 heterocycles. The third-order valence-electron chi connectivity index (χ3n) is 3.80. The number of anilines is 1. The smallest absolute Gasteiger partial charge is 0.246 e. The lowest BCUT2D eigenvalue weighted by atomic mass is 10.1. The molecule has 0 aliphatic carbocycles. The summed E-state index contributed by atoms with van der Waals surface area (Å²) in [6, 6.07) is 16.2. The van der Waals surface area contributed by atoms with Gasteiger partial charge in [-0.15, -0.1) is 0 Å². The summed E-state index contributed by atoms with van der Waals surface area (Å²) in [5.41, 5.74) is 4.36. The Kier molecular flexibility index (Phi) is 5.40. The summed E-state index contributed by atoms with van der Waals surface area (Å²) in [5, 5.41) is 10.7. The predicted octanol–water partition coefficient (Wildman–Crippen LogP) is 4.09. The number of aromatic nitrogens is 2. The molecule has 0 fully saturated rings. The van der Waals surface area contributed by atoms with E-state index in [-0.39, 0.29) is 0 Å². The second-order valence-electron chi connectivity index (χ2n) is 5.74. The first-order valence-corrected chi connectivity index (χ1v) is 8.58. The molecule has 2 aromatic carbocycles. The molecule has 2 N–H and O–H groups in total. The van der Waals surface area contributed by atoms with Gasteiger partial charge in [0.25, 0.3) is 0 Å². The molecule has 0 amide bonds. The highest BCUT2D eigenvalue weighted by Gasteiger charge is 2.09. The van der Waals surface area contributed by atoms with Crippen molar-refractivity contribution in [3.05, 3.63) is 65.5 Å². The van der Waals surface area contributed by atoms with E-state index >= 15 is 0 Å². The van der Waals surface area contributed by atoms with Gasteiger partial charge in [-0.05, 0) is 43.3 Å². The quantitative estimate of drug-likeness (QED) is 0.674. The van der Waals surface area contributed by atoms with Crippen LogP contribution in [0.2, 0.25) is 0 Å². The summed E-state index contributed by atoms with van der Waals surface area (Å²) in [6.45, 7) is 4.54. The van der Waals surface area contributed by atoms with Crippen LogP contribution in [-0.2, 0) is 13.0 Å². The zero-order valence-electron chi connectivity index (χ0n) is 14.2. The molecule has 0 atom stereocenters. The topological polar surface area (TPSA) is 63.0 Å². The molecule has 128 valence electrons. The van der Waals surface area contributed by atoms with Crippen molar-refractivity contribution >= 4 is 23.0 Å². The molecule has 6 heteroatoms. The largest absolute Gasteiger partial charge is 0.353 e. The van der Waals surface area contributed by atoms with Crippen LogP contribution in [0.25, 0.3) is 11.4 Å². The monoisotopic (exact) mass is 352 g/mol. The van der Waals surface area contributed by atoms with Gasteiger partial charge in [0.05, 0.1) is 6.54 Å². The van der Waals surface area contributed by atoms with Crippen molar-refractivity contribution in [3.8, 4) is 11.4 Å². The average Bonchev–Trinajstić information content (AvgIpc) is 3.10. The van der Waals surface area contributed by atoms with Gasteiger partial charge in [-0.3, -0.25) is 0 Å². The highest BCUT2D eigenvalue weighted by atomic mass is 32.1. The Morgan fingerprint density at radius 3 is 2.48 bits per heavy atom. The number of aryl methyl sites for hydroxylation is 2. The lowest BCUT2D eigenvalue weighted by Crippen LogP contribution is -2.28. The first-order valence-electron chi connectivity index (χ1n) is 8.17. The molecule has 0 unspecified atom stereocenters. The van der Waals surface area contributed by atoms with Gasteiger partial charge >= 0.3 is 0 Å². The fourth-order valence-electron chi connectivity index (χ4n) is 2.30. The van der Waals surface area contributed by atoms with Gasteiger partial charge in [0.2, 0.25) is 11.7 Å². The Hall–Kier alpha value is -2.73. The van der Waals surface area contributed by atoms with E-state index in [9.17, 15) is 0 Å². The zero-order valence-corrected chi connectivity index (χ0v) is 15.1. The van der Waals surface area contributed by atoms with Crippen LogP contribution in [0, 0.1) is 6.92 Å². The second-order valence-corrected chi connectivity index (χ2v) is 6.14. The average molecular weight is 352 g/mol. The summed E-state index contributed by atoms with van der Waals surface area (Å²) in [4.78, 5) is 4.38. The van der Waals surface area contributed by atoms with Crippen molar-refractivity contribution in [2.24, 2.45) is 0 Å². The Bertz CT molecular complexity index is 841. The SMILES string of the molecule is CCc1ccc(NC(=S)NCc2nc(-c3ccc(C)cc3)no2)cc1. The van der Waals surface area contributed by atoms with Crippen LogP contribution in [0.3, 0.4) is 0 Å². The maximum absolute atomic E-state index is 5.30. The van der Waals surface area contributed by atoms with E-state index in [0.717, 1.165) is 17.7 Å². The van der Waals surface area contributed by atoms with Crippen LogP contribution in [0.5, 0.6) is 0 Å². The second kappa shape index (κ2) is 7.90. The molecule has 1 aromatic heterocycles. The van der Waals surface area contributed by atoms with Crippen molar-refractivity contribution in [2.75, 3.05) is 5.32 Å². The number of hydrogen-bond acceptors (Lipinski definition) is 4. The molecule has 5 nitrogen and oxygen atoms in total. The maximum Gasteiger partial charge on any atom is 0.246 e. The van der Waals surface area contributed by atoms with Gasteiger partial charge in [-0.1, -0.05) is 54.0 Å². The first-order chi connectivity index (χ1) is 12.1. The highest BCUT2D eigenvalue weighted by Crippen LogP contribution is 2.16. The standard InChI is InChI=1S/C19H20N4OS/c1-3-14-6-10-16(11-7-14)21-19(25)20-12-17-22-18(23-24-17)15-8-4-13(2)5-9-15/h4-11H,3,12H2,1-2H3,(H2,20,21,25). The number of benzene rings is 2. The van der Waals surface area contributed by atoms with Crippen LogP contribution in [0.4, 0.5) is 5.69 Å². The molecule has 0 spiro atoms. The van der Waals surface area contributed by atoms with Crippen molar-refractivity contribution in [3.63, 3.8) is 0 Å². The van der Waals surface area contributed by atoms with E-state index in [0.29, 0.717) is 23.4 Å². The lowest BCUT2D eigenvalue weighted by Gasteiger charge is -2.09. The number of nitrogens with one attached hydrogen (secondary N) is 2. The maximum atomic E-state index is 5.30. The van der Waals surface area contributed by atoms with Crippen molar-refractivity contribution in [1.29, 1.82) is 0 Å². The third-order valence-corrected chi connectivity index (χ3v) is 4.04. The summed E-state index contributed by atoms with van der Waals surface area (Å²) in [5.74, 6) is 1.06. The number of nitrogens with zero attached hydrogens (tertiary/aromatic N) is 2. The summed E-state index contributed by atoms with van der Waals surface area (Å²) < 4.78 is 5.27. The summed E-state index contributed by atoms with van der Waals surface area (Å²) >= 11 is 5.30.